The molecule has 0 atom stereocenters. The number of sulfonamides is 1. The fourth-order valence-electron chi connectivity index (χ4n) is 3.16. The second-order valence-electron chi connectivity index (χ2n) is 7.33. The molecule has 0 aromatic heterocycles. The lowest BCUT2D eigenvalue weighted by Crippen LogP contribution is -2.29. The van der Waals surface area contributed by atoms with Crippen LogP contribution in [0.5, 0.6) is 0 Å². The minimum absolute atomic E-state index is 0.165. The molecule has 5 nitrogen and oxygen atoms in total. The smallest absolute Gasteiger partial charge is 0.255 e. The molecular formula is C25H26N2O3S2. The van der Waals surface area contributed by atoms with Crippen LogP contribution in [-0.2, 0) is 15.8 Å². The van der Waals surface area contributed by atoms with Crippen LogP contribution < -0.4 is 9.62 Å². The summed E-state index contributed by atoms with van der Waals surface area (Å²) < 4.78 is 25.2. The first-order valence-electron chi connectivity index (χ1n) is 10.1. The number of nitrogens with zero attached hydrogens (tertiary/aromatic N) is 1. The maximum Gasteiger partial charge on any atom is 0.255 e. The molecule has 0 aliphatic heterocycles. The van der Waals surface area contributed by atoms with Crippen molar-refractivity contribution in [3.8, 4) is 0 Å². The Hall–Kier alpha value is -3.03. The Kier molecular flexibility index (Phi) is 7.77. The summed E-state index contributed by atoms with van der Waals surface area (Å²) in [6.07, 6.45) is 2.66. The van der Waals surface area contributed by atoms with E-state index in [0.717, 1.165) is 23.3 Å². The summed E-state index contributed by atoms with van der Waals surface area (Å²) in [4.78, 5) is 13.9. The van der Waals surface area contributed by atoms with E-state index in [0.29, 0.717) is 11.3 Å². The van der Waals surface area contributed by atoms with Gasteiger partial charge in [-0.2, -0.15) is 0 Å². The number of rotatable bonds is 9. The van der Waals surface area contributed by atoms with Crippen LogP contribution in [0.15, 0.2) is 90.3 Å². The molecule has 0 saturated heterocycles. The summed E-state index contributed by atoms with van der Waals surface area (Å²) in [6.45, 7) is 5.73. The maximum atomic E-state index is 12.7. The number of aryl methyl sites for hydroxylation is 1. The SMILES string of the molecule is C=CCN(c1ccc(C(=O)Nc2ccc(CSc3ccccc3)cc2C)cc1)S(C)(=O)=O. The predicted molar refractivity (Wildman–Crippen MR) is 134 cm³/mol. The summed E-state index contributed by atoms with van der Waals surface area (Å²) in [7, 11) is -3.43. The van der Waals surface area contributed by atoms with Crippen molar-refractivity contribution in [2.24, 2.45) is 0 Å². The molecule has 3 rings (SSSR count). The third-order valence-corrected chi connectivity index (χ3v) is 7.04. The minimum Gasteiger partial charge on any atom is -0.322 e. The van der Waals surface area contributed by atoms with E-state index in [1.165, 1.54) is 20.8 Å². The van der Waals surface area contributed by atoms with Gasteiger partial charge < -0.3 is 5.32 Å². The third kappa shape index (κ3) is 6.24. The summed E-state index contributed by atoms with van der Waals surface area (Å²) in [6, 6.07) is 22.7. The van der Waals surface area contributed by atoms with Crippen molar-refractivity contribution in [1.82, 2.24) is 0 Å². The number of anilines is 2. The zero-order chi connectivity index (χ0) is 23.1. The zero-order valence-corrected chi connectivity index (χ0v) is 19.7. The lowest BCUT2D eigenvalue weighted by atomic mass is 10.1. The van der Waals surface area contributed by atoms with Gasteiger partial charge in [-0.3, -0.25) is 9.10 Å². The molecule has 0 saturated carbocycles. The highest BCUT2D eigenvalue weighted by atomic mass is 32.2. The van der Waals surface area contributed by atoms with Gasteiger partial charge in [0.15, 0.2) is 0 Å². The Morgan fingerprint density at radius 2 is 1.75 bits per heavy atom. The van der Waals surface area contributed by atoms with Crippen LogP contribution in [-0.4, -0.2) is 27.1 Å². The first-order chi connectivity index (χ1) is 15.3. The fourth-order valence-corrected chi connectivity index (χ4v) is 4.91. The number of nitrogens with one attached hydrogen (secondary N) is 1. The number of benzene rings is 3. The molecule has 1 amide bonds. The summed E-state index contributed by atoms with van der Waals surface area (Å²) in [5.74, 6) is 0.600. The van der Waals surface area contributed by atoms with Crippen molar-refractivity contribution in [3.05, 3.63) is 102 Å². The van der Waals surface area contributed by atoms with E-state index in [2.05, 4.69) is 30.1 Å². The highest BCUT2D eigenvalue weighted by Gasteiger charge is 2.16. The van der Waals surface area contributed by atoms with Crippen LogP contribution in [0.25, 0.3) is 0 Å². The van der Waals surface area contributed by atoms with Gasteiger partial charge >= 0.3 is 0 Å². The maximum absolute atomic E-state index is 12.7. The first kappa shape index (κ1) is 23.6. The van der Waals surface area contributed by atoms with E-state index in [4.69, 9.17) is 0 Å². The van der Waals surface area contributed by atoms with Crippen LogP contribution in [0.1, 0.15) is 21.5 Å². The standard InChI is InChI=1S/C25H26N2O3S2/c1-4-16-27(32(3,29)30)22-13-11-21(12-14-22)25(28)26-24-15-10-20(17-19(24)2)18-31-23-8-6-5-7-9-23/h4-15,17H,1,16,18H2,2-3H3,(H,26,28). The Morgan fingerprint density at radius 3 is 2.34 bits per heavy atom. The van der Waals surface area contributed by atoms with E-state index in [9.17, 15) is 13.2 Å². The minimum atomic E-state index is -3.43. The van der Waals surface area contributed by atoms with Gasteiger partial charge in [-0.25, -0.2) is 8.42 Å². The van der Waals surface area contributed by atoms with Gasteiger partial charge in [-0.1, -0.05) is 36.4 Å². The van der Waals surface area contributed by atoms with Gasteiger partial charge in [-0.15, -0.1) is 18.3 Å². The molecule has 0 bridgehead atoms. The van der Waals surface area contributed by atoms with Gasteiger partial charge in [0.25, 0.3) is 5.91 Å². The van der Waals surface area contributed by atoms with E-state index < -0.39 is 10.0 Å². The van der Waals surface area contributed by atoms with Gasteiger partial charge in [-0.05, 0) is 60.5 Å². The largest absolute Gasteiger partial charge is 0.322 e. The normalized spacial score (nSPS) is 11.1. The second kappa shape index (κ2) is 10.5. The molecule has 32 heavy (non-hydrogen) atoms. The van der Waals surface area contributed by atoms with Gasteiger partial charge in [0.05, 0.1) is 18.5 Å². The lowest BCUT2D eigenvalue weighted by molar-refractivity contribution is 0.102. The Labute approximate surface area is 194 Å². The molecule has 3 aromatic rings. The molecular weight excluding hydrogens is 440 g/mol. The van der Waals surface area contributed by atoms with Crippen molar-refractivity contribution in [2.75, 3.05) is 22.4 Å². The molecule has 0 spiro atoms. The van der Waals surface area contributed by atoms with Crippen LogP contribution in [0.3, 0.4) is 0 Å². The van der Waals surface area contributed by atoms with E-state index in [-0.39, 0.29) is 12.5 Å². The van der Waals surface area contributed by atoms with Crippen molar-refractivity contribution in [3.63, 3.8) is 0 Å². The molecule has 0 unspecified atom stereocenters. The van der Waals surface area contributed by atoms with Gasteiger partial charge in [0, 0.05) is 21.9 Å². The molecule has 0 heterocycles. The number of carbonyl (C=O) groups excluding carboxylic acids is 1. The highest BCUT2D eigenvalue weighted by molar-refractivity contribution is 7.98. The van der Waals surface area contributed by atoms with Crippen molar-refractivity contribution in [2.45, 2.75) is 17.6 Å². The average molecular weight is 467 g/mol. The Bertz CT molecular complexity index is 1190. The van der Waals surface area contributed by atoms with Crippen LogP contribution in [0, 0.1) is 6.92 Å². The van der Waals surface area contributed by atoms with Crippen molar-refractivity contribution < 1.29 is 13.2 Å². The topological polar surface area (TPSA) is 66.5 Å². The molecule has 0 aliphatic carbocycles. The number of thioether (sulfide) groups is 1. The average Bonchev–Trinajstić information content (AvgIpc) is 2.77. The number of hydrogen-bond acceptors (Lipinski definition) is 4. The molecule has 7 heteroatoms. The van der Waals surface area contributed by atoms with E-state index in [1.807, 2.05) is 37.3 Å². The molecule has 0 fully saturated rings. The summed E-state index contributed by atoms with van der Waals surface area (Å²) in [5.41, 5.74) is 3.85. The molecule has 1 N–H and O–H groups in total. The number of carbonyl (C=O) groups is 1. The van der Waals surface area contributed by atoms with Crippen LogP contribution in [0.4, 0.5) is 11.4 Å². The Morgan fingerprint density at radius 1 is 1.06 bits per heavy atom. The molecule has 3 aromatic carbocycles. The lowest BCUT2D eigenvalue weighted by Gasteiger charge is -2.20. The van der Waals surface area contributed by atoms with Crippen molar-refractivity contribution >= 4 is 39.1 Å². The second-order valence-corrected chi connectivity index (χ2v) is 10.3. The molecule has 0 aliphatic rings. The monoisotopic (exact) mass is 466 g/mol. The first-order valence-corrected chi connectivity index (χ1v) is 12.9. The highest BCUT2D eigenvalue weighted by Crippen LogP contribution is 2.25. The van der Waals surface area contributed by atoms with Gasteiger partial charge in [0.1, 0.15) is 0 Å². The number of amides is 1. The van der Waals surface area contributed by atoms with Crippen LogP contribution >= 0.6 is 11.8 Å². The summed E-state index contributed by atoms with van der Waals surface area (Å²) in [5, 5.41) is 2.94. The Balaban J connectivity index is 1.67. The van der Waals surface area contributed by atoms with Crippen molar-refractivity contribution in [1.29, 1.82) is 0 Å². The quantitative estimate of drug-likeness (QED) is 0.334. The zero-order valence-electron chi connectivity index (χ0n) is 18.1. The predicted octanol–water partition coefficient (Wildman–Crippen LogP) is 5.49. The fraction of sp³-hybridized carbons (Fsp3) is 0.160. The third-order valence-electron chi connectivity index (χ3n) is 4.80. The summed E-state index contributed by atoms with van der Waals surface area (Å²) >= 11 is 1.77. The number of hydrogen-bond donors (Lipinski definition) is 1. The molecule has 166 valence electrons. The van der Waals surface area contributed by atoms with E-state index >= 15 is 0 Å². The van der Waals surface area contributed by atoms with E-state index in [1.54, 1.807) is 36.0 Å². The van der Waals surface area contributed by atoms with Crippen LogP contribution in [0.2, 0.25) is 0 Å². The molecule has 0 radical (unpaired) electrons. The van der Waals surface area contributed by atoms with Gasteiger partial charge in [0.2, 0.25) is 10.0 Å².